The third kappa shape index (κ3) is 2.44. The minimum Gasteiger partial charge on any atom is -0.306 e. The molecule has 3 nitrogen and oxygen atoms in total. The lowest BCUT2D eigenvalue weighted by Gasteiger charge is -2.34. The molecular weight excluding hydrogens is 150 g/mol. The predicted octanol–water partition coefficient (Wildman–Crippen LogP) is 0.0931. The molecular formula is C9H21N3. The highest BCUT2D eigenvalue weighted by molar-refractivity contribution is 4.78. The standard InChI is InChI=1S/C9H21N3/c1-10-9(11-2)8-5-4-6-12(3)7-8/h8-11H,4-7H2,1-3H3. The molecule has 0 aromatic rings. The summed E-state index contributed by atoms with van der Waals surface area (Å²) < 4.78 is 0. The highest BCUT2D eigenvalue weighted by Gasteiger charge is 2.23. The van der Waals surface area contributed by atoms with Crippen molar-refractivity contribution in [3.05, 3.63) is 0 Å². The zero-order valence-electron chi connectivity index (χ0n) is 8.43. The Labute approximate surface area is 75.5 Å². The van der Waals surface area contributed by atoms with E-state index in [1.807, 2.05) is 14.1 Å². The van der Waals surface area contributed by atoms with Gasteiger partial charge in [-0.1, -0.05) is 0 Å². The van der Waals surface area contributed by atoms with E-state index in [1.165, 1.54) is 25.9 Å². The van der Waals surface area contributed by atoms with Crippen molar-refractivity contribution in [2.24, 2.45) is 5.92 Å². The fourth-order valence-corrected chi connectivity index (χ4v) is 2.09. The van der Waals surface area contributed by atoms with Crippen LogP contribution in [0, 0.1) is 5.92 Å². The van der Waals surface area contributed by atoms with Gasteiger partial charge in [0.05, 0.1) is 6.17 Å². The maximum atomic E-state index is 3.30. The van der Waals surface area contributed by atoms with E-state index in [2.05, 4.69) is 22.6 Å². The van der Waals surface area contributed by atoms with Crippen LogP contribution in [0.2, 0.25) is 0 Å². The summed E-state index contributed by atoms with van der Waals surface area (Å²) in [7, 11) is 6.25. The Hall–Kier alpha value is -0.120. The summed E-state index contributed by atoms with van der Waals surface area (Å²) in [5, 5.41) is 6.61. The van der Waals surface area contributed by atoms with Gasteiger partial charge >= 0.3 is 0 Å². The second-order valence-corrected chi connectivity index (χ2v) is 3.72. The van der Waals surface area contributed by atoms with Crippen LogP contribution in [-0.4, -0.2) is 45.3 Å². The van der Waals surface area contributed by atoms with Crippen LogP contribution in [0.5, 0.6) is 0 Å². The first-order chi connectivity index (χ1) is 5.77. The number of nitrogens with one attached hydrogen (secondary N) is 2. The molecule has 2 N–H and O–H groups in total. The molecule has 1 rings (SSSR count). The lowest BCUT2D eigenvalue weighted by molar-refractivity contribution is 0.166. The van der Waals surface area contributed by atoms with Gasteiger partial charge in [-0.3, -0.25) is 0 Å². The van der Waals surface area contributed by atoms with Crippen LogP contribution < -0.4 is 10.6 Å². The van der Waals surface area contributed by atoms with Gasteiger partial charge in [-0.2, -0.15) is 0 Å². The van der Waals surface area contributed by atoms with Crippen molar-refractivity contribution in [1.29, 1.82) is 0 Å². The van der Waals surface area contributed by atoms with Crippen LogP contribution in [0.25, 0.3) is 0 Å². The van der Waals surface area contributed by atoms with Gasteiger partial charge in [0.2, 0.25) is 0 Å². The first kappa shape index (κ1) is 9.96. The van der Waals surface area contributed by atoms with E-state index < -0.39 is 0 Å². The topological polar surface area (TPSA) is 27.3 Å². The lowest BCUT2D eigenvalue weighted by Crippen LogP contribution is -2.49. The molecule has 1 atom stereocenters. The molecule has 12 heavy (non-hydrogen) atoms. The number of hydrogen-bond acceptors (Lipinski definition) is 3. The van der Waals surface area contributed by atoms with Crippen LogP contribution in [0.1, 0.15) is 12.8 Å². The van der Waals surface area contributed by atoms with E-state index in [-0.39, 0.29) is 0 Å². The van der Waals surface area contributed by atoms with Crippen molar-refractivity contribution >= 4 is 0 Å². The average molecular weight is 171 g/mol. The van der Waals surface area contributed by atoms with Gasteiger partial charge in [-0.25, -0.2) is 0 Å². The van der Waals surface area contributed by atoms with Crippen molar-refractivity contribution in [2.75, 3.05) is 34.2 Å². The third-order valence-electron chi connectivity index (χ3n) is 2.75. The summed E-state index contributed by atoms with van der Waals surface area (Å²) in [6, 6.07) is 0. The largest absolute Gasteiger partial charge is 0.306 e. The van der Waals surface area contributed by atoms with Gasteiger partial charge < -0.3 is 15.5 Å². The zero-order valence-corrected chi connectivity index (χ0v) is 8.43. The molecule has 0 aromatic heterocycles. The number of nitrogens with zero attached hydrogens (tertiary/aromatic N) is 1. The Balaban J connectivity index is 2.38. The fourth-order valence-electron chi connectivity index (χ4n) is 2.09. The number of hydrogen-bond donors (Lipinski definition) is 2. The second-order valence-electron chi connectivity index (χ2n) is 3.72. The molecule has 3 heteroatoms. The van der Waals surface area contributed by atoms with E-state index >= 15 is 0 Å². The molecule has 72 valence electrons. The van der Waals surface area contributed by atoms with E-state index in [9.17, 15) is 0 Å². The van der Waals surface area contributed by atoms with Crippen molar-refractivity contribution in [3.63, 3.8) is 0 Å². The quantitative estimate of drug-likeness (QED) is 0.590. The van der Waals surface area contributed by atoms with E-state index in [1.54, 1.807) is 0 Å². The van der Waals surface area contributed by atoms with Gasteiger partial charge in [-0.05, 0) is 40.5 Å². The monoisotopic (exact) mass is 171 g/mol. The van der Waals surface area contributed by atoms with Crippen molar-refractivity contribution in [1.82, 2.24) is 15.5 Å². The van der Waals surface area contributed by atoms with Gasteiger partial charge in [0, 0.05) is 12.5 Å². The molecule has 0 radical (unpaired) electrons. The SMILES string of the molecule is CNC(NC)C1CCCN(C)C1. The van der Waals surface area contributed by atoms with Crippen LogP contribution in [0.3, 0.4) is 0 Å². The van der Waals surface area contributed by atoms with Crippen molar-refractivity contribution in [2.45, 2.75) is 19.0 Å². The Kier molecular flexibility index (Phi) is 3.98. The molecule has 0 aromatic carbocycles. The van der Waals surface area contributed by atoms with Gasteiger partial charge in [0.1, 0.15) is 0 Å². The summed E-state index contributed by atoms with van der Waals surface area (Å²) in [4.78, 5) is 2.41. The summed E-state index contributed by atoms with van der Waals surface area (Å²) in [6.07, 6.45) is 3.16. The minimum atomic E-state index is 0.479. The van der Waals surface area contributed by atoms with Gasteiger partial charge in [0.15, 0.2) is 0 Å². The Morgan fingerprint density at radius 3 is 2.50 bits per heavy atom. The summed E-state index contributed by atoms with van der Waals surface area (Å²) in [5.41, 5.74) is 0. The normalized spacial score (nSPS) is 26.5. The molecule has 1 unspecified atom stereocenters. The second kappa shape index (κ2) is 4.80. The Morgan fingerprint density at radius 2 is 2.00 bits per heavy atom. The van der Waals surface area contributed by atoms with Crippen molar-refractivity contribution in [3.8, 4) is 0 Å². The highest BCUT2D eigenvalue weighted by Crippen LogP contribution is 2.16. The lowest BCUT2D eigenvalue weighted by atomic mass is 9.95. The smallest absolute Gasteiger partial charge is 0.0608 e. The van der Waals surface area contributed by atoms with E-state index in [4.69, 9.17) is 0 Å². The maximum Gasteiger partial charge on any atom is 0.0608 e. The summed E-state index contributed by atoms with van der Waals surface area (Å²) in [5.74, 6) is 0.763. The Bertz CT molecular complexity index is 123. The van der Waals surface area contributed by atoms with E-state index in [0.717, 1.165) is 5.92 Å². The molecule has 0 saturated carbocycles. The number of rotatable bonds is 3. The van der Waals surface area contributed by atoms with Crippen LogP contribution in [0.4, 0.5) is 0 Å². The fraction of sp³-hybridized carbons (Fsp3) is 1.00. The average Bonchev–Trinajstić information content (AvgIpc) is 2.07. The van der Waals surface area contributed by atoms with Gasteiger partial charge in [0.25, 0.3) is 0 Å². The molecule has 1 aliphatic heterocycles. The molecule has 0 bridgehead atoms. The number of likely N-dealkylation sites (tertiary alicyclic amines) is 1. The van der Waals surface area contributed by atoms with Gasteiger partial charge in [-0.15, -0.1) is 0 Å². The van der Waals surface area contributed by atoms with Crippen LogP contribution >= 0.6 is 0 Å². The first-order valence-electron chi connectivity index (χ1n) is 4.81. The predicted molar refractivity (Wildman–Crippen MR) is 52.1 cm³/mol. The molecule has 0 aliphatic carbocycles. The number of piperidine rings is 1. The molecule has 0 spiro atoms. The molecule has 0 amide bonds. The third-order valence-corrected chi connectivity index (χ3v) is 2.75. The summed E-state index contributed by atoms with van der Waals surface area (Å²) in [6.45, 7) is 2.48. The molecule has 1 fully saturated rings. The van der Waals surface area contributed by atoms with E-state index in [0.29, 0.717) is 6.17 Å². The zero-order chi connectivity index (χ0) is 8.97. The first-order valence-corrected chi connectivity index (χ1v) is 4.81. The van der Waals surface area contributed by atoms with Crippen LogP contribution in [-0.2, 0) is 0 Å². The maximum absolute atomic E-state index is 3.30. The molecule has 1 heterocycles. The molecule has 1 aliphatic rings. The highest BCUT2D eigenvalue weighted by atomic mass is 15.1. The van der Waals surface area contributed by atoms with Crippen molar-refractivity contribution < 1.29 is 0 Å². The van der Waals surface area contributed by atoms with Crippen LogP contribution in [0.15, 0.2) is 0 Å². The minimum absolute atomic E-state index is 0.479. The Morgan fingerprint density at radius 1 is 1.33 bits per heavy atom. The molecule has 1 saturated heterocycles. The summed E-state index contributed by atoms with van der Waals surface area (Å²) >= 11 is 0.